The maximum absolute atomic E-state index is 10.4. The van der Waals surface area contributed by atoms with Gasteiger partial charge >= 0.3 is 37.4 Å². The van der Waals surface area contributed by atoms with Crippen molar-refractivity contribution < 1.29 is 49.9 Å². The number of hydrogen-bond donors (Lipinski definition) is 2. The maximum Gasteiger partial charge on any atom is 1.00 e. The Morgan fingerprint density at radius 1 is 0.947 bits per heavy atom. The molecule has 0 aliphatic carbocycles. The average Bonchev–Trinajstić information content (AvgIpc) is 2.24. The van der Waals surface area contributed by atoms with Gasteiger partial charge in [-0.25, -0.2) is 4.57 Å². The first-order chi connectivity index (χ1) is 8.42. The van der Waals surface area contributed by atoms with Crippen molar-refractivity contribution in [2.45, 2.75) is 71.6 Å². The third kappa shape index (κ3) is 21.6. The average molecular weight is 304 g/mol. The van der Waals surface area contributed by atoms with E-state index in [1.807, 2.05) is 0 Å². The molecule has 0 atom stereocenters. The van der Waals surface area contributed by atoms with E-state index in [1.54, 1.807) is 0 Å². The molecule has 112 valence electrons. The molecule has 0 saturated carbocycles. The molecule has 0 fully saturated rings. The molecule has 0 spiro atoms. The van der Waals surface area contributed by atoms with E-state index in [0.717, 1.165) is 25.2 Å². The zero-order valence-electron chi connectivity index (χ0n) is 13.8. The van der Waals surface area contributed by atoms with Gasteiger partial charge in [-0.05, 0) is 12.3 Å². The van der Waals surface area contributed by atoms with E-state index in [0.29, 0.717) is 0 Å². The molecule has 0 radical (unpaired) electrons. The van der Waals surface area contributed by atoms with Gasteiger partial charge in [-0.15, -0.1) is 0 Å². The Balaban J connectivity index is -0.00000144. The van der Waals surface area contributed by atoms with E-state index < -0.39 is 7.82 Å². The topological polar surface area (TPSA) is 66.8 Å². The second kappa shape index (κ2) is 14.1. The van der Waals surface area contributed by atoms with Crippen LogP contribution in [0.2, 0.25) is 0 Å². The van der Waals surface area contributed by atoms with Crippen LogP contribution in [0.3, 0.4) is 0 Å². The molecule has 0 unspecified atom stereocenters. The fraction of sp³-hybridized carbons (Fsp3) is 1.00. The summed E-state index contributed by atoms with van der Waals surface area (Å²) >= 11 is 0. The minimum absolute atomic E-state index is 0. The molecule has 0 aromatic heterocycles. The zero-order chi connectivity index (χ0) is 13.9. The molecule has 0 aromatic carbocycles. The van der Waals surface area contributed by atoms with Crippen LogP contribution in [0.1, 0.15) is 73.1 Å². The van der Waals surface area contributed by atoms with E-state index in [1.165, 1.54) is 38.5 Å². The summed E-state index contributed by atoms with van der Waals surface area (Å²) in [5.41, 5.74) is 0. The summed E-state index contributed by atoms with van der Waals surface area (Å²) in [5.74, 6) is 0.819. The number of rotatable bonds is 12. The third-order valence-corrected chi connectivity index (χ3v) is 3.45. The molecule has 0 bridgehead atoms. The number of hydrogen-bond acceptors (Lipinski definition) is 2. The number of phosphoric acid groups is 1. The van der Waals surface area contributed by atoms with Crippen molar-refractivity contribution in [3.8, 4) is 0 Å². The molecule has 0 aliphatic rings. The molecule has 0 heterocycles. The predicted octanol–water partition coefficient (Wildman–Crippen LogP) is 1.38. The van der Waals surface area contributed by atoms with Crippen molar-refractivity contribution in [2.24, 2.45) is 5.92 Å². The molecule has 0 saturated heterocycles. The van der Waals surface area contributed by atoms with E-state index in [-0.39, 0.29) is 37.6 Å². The van der Waals surface area contributed by atoms with Crippen LogP contribution in [0.4, 0.5) is 0 Å². The SMILES string of the molecule is CC(C)CCCCCCCCCCOP(=O)(O)O.[H-].[Na+]. The van der Waals surface area contributed by atoms with Crippen LogP contribution in [0, 0.1) is 5.92 Å². The summed E-state index contributed by atoms with van der Waals surface area (Å²) in [7, 11) is -4.25. The third-order valence-electron chi connectivity index (χ3n) is 2.94. The van der Waals surface area contributed by atoms with Crippen molar-refractivity contribution in [3.05, 3.63) is 0 Å². The molecular formula is C13H30NaO4P. The van der Waals surface area contributed by atoms with E-state index >= 15 is 0 Å². The van der Waals surface area contributed by atoms with Gasteiger partial charge in [0.1, 0.15) is 0 Å². The molecule has 0 amide bonds. The Labute approximate surface area is 141 Å². The predicted molar refractivity (Wildman–Crippen MR) is 75.5 cm³/mol. The van der Waals surface area contributed by atoms with Crippen molar-refractivity contribution >= 4 is 7.82 Å². The maximum atomic E-state index is 10.4. The fourth-order valence-corrected chi connectivity index (χ4v) is 2.27. The van der Waals surface area contributed by atoms with Crippen molar-refractivity contribution in [1.82, 2.24) is 0 Å². The van der Waals surface area contributed by atoms with E-state index in [9.17, 15) is 4.57 Å². The fourth-order valence-electron chi connectivity index (χ4n) is 1.90. The summed E-state index contributed by atoms with van der Waals surface area (Å²) in [6, 6.07) is 0. The molecule has 0 aromatic rings. The van der Waals surface area contributed by atoms with Crippen LogP contribution < -0.4 is 29.6 Å². The van der Waals surface area contributed by atoms with Gasteiger partial charge in [-0.2, -0.15) is 0 Å². The van der Waals surface area contributed by atoms with Gasteiger partial charge in [0.15, 0.2) is 0 Å². The van der Waals surface area contributed by atoms with Crippen LogP contribution in [-0.4, -0.2) is 16.4 Å². The van der Waals surface area contributed by atoms with Crippen molar-refractivity contribution in [3.63, 3.8) is 0 Å². The molecule has 2 N–H and O–H groups in total. The van der Waals surface area contributed by atoms with E-state index in [2.05, 4.69) is 18.4 Å². The number of phosphoric ester groups is 1. The first-order valence-corrected chi connectivity index (χ1v) is 8.65. The van der Waals surface area contributed by atoms with Gasteiger partial charge < -0.3 is 11.2 Å². The Kier molecular flexibility index (Phi) is 16.6. The molecule has 0 aliphatic heterocycles. The van der Waals surface area contributed by atoms with Gasteiger partial charge in [0.25, 0.3) is 0 Å². The second-order valence-corrected chi connectivity index (χ2v) is 6.57. The zero-order valence-corrected chi connectivity index (χ0v) is 15.7. The van der Waals surface area contributed by atoms with E-state index in [4.69, 9.17) is 9.79 Å². The van der Waals surface area contributed by atoms with Gasteiger partial charge in [-0.3, -0.25) is 4.52 Å². The van der Waals surface area contributed by atoms with Crippen LogP contribution >= 0.6 is 7.82 Å². The van der Waals surface area contributed by atoms with Gasteiger partial charge in [0.05, 0.1) is 6.61 Å². The van der Waals surface area contributed by atoms with Gasteiger partial charge in [0.2, 0.25) is 0 Å². The Bertz CT molecular complexity index is 236. The first-order valence-electron chi connectivity index (χ1n) is 7.12. The standard InChI is InChI=1S/C13H29O4P.Na.H/c1-13(2)11-9-7-5-3-4-6-8-10-12-17-18(14,15)16;;/h13H,3-12H2,1-2H3,(H2,14,15,16);;/q;+1;-1. The van der Waals surface area contributed by atoms with Crippen LogP contribution in [-0.2, 0) is 9.09 Å². The number of unbranched alkanes of at least 4 members (excludes halogenated alkanes) is 7. The Morgan fingerprint density at radius 3 is 1.79 bits per heavy atom. The van der Waals surface area contributed by atoms with Crippen LogP contribution in [0.25, 0.3) is 0 Å². The molecule has 0 rings (SSSR count). The largest absolute Gasteiger partial charge is 1.00 e. The minimum Gasteiger partial charge on any atom is -1.00 e. The summed E-state index contributed by atoms with van der Waals surface area (Å²) in [5, 5.41) is 0. The molecule has 4 nitrogen and oxygen atoms in total. The summed E-state index contributed by atoms with van der Waals surface area (Å²) in [4.78, 5) is 16.9. The quantitative estimate of drug-likeness (QED) is 0.325. The molecule has 6 heteroatoms. The molecule has 19 heavy (non-hydrogen) atoms. The van der Waals surface area contributed by atoms with Crippen molar-refractivity contribution in [2.75, 3.05) is 6.61 Å². The Hall–Kier alpha value is 1.11. The second-order valence-electron chi connectivity index (χ2n) is 5.33. The Morgan fingerprint density at radius 2 is 1.37 bits per heavy atom. The van der Waals surface area contributed by atoms with Gasteiger partial charge in [0, 0.05) is 0 Å². The van der Waals surface area contributed by atoms with Crippen molar-refractivity contribution in [1.29, 1.82) is 0 Å². The summed E-state index contributed by atoms with van der Waals surface area (Å²) < 4.78 is 14.8. The smallest absolute Gasteiger partial charge is 1.00 e. The molecular weight excluding hydrogens is 274 g/mol. The normalized spacial score (nSPS) is 11.6. The summed E-state index contributed by atoms with van der Waals surface area (Å²) in [6.07, 6.45) is 10.7. The first kappa shape index (κ1) is 22.4. The van der Waals surface area contributed by atoms with Crippen LogP contribution in [0.15, 0.2) is 0 Å². The summed E-state index contributed by atoms with van der Waals surface area (Å²) in [6.45, 7) is 4.69. The monoisotopic (exact) mass is 304 g/mol. The minimum atomic E-state index is -4.25. The van der Waals surface area contributed by atoms with Gasteiger partial charge in [-0.1, -0.05) is 65.2 Å². The van der Waals surface area contributed by atoms with Crippen LogP contribution in [0.5, 0.6) is 0 Å².